The molecule has 1 aliphatic carbocycles. The molecule has 61 heavy (non-hydrogen) atoms. The molecule has 1 aromatic heterocycles. The maximum absolute atomic E-state index is 14.9. The summed E-state index contributed by atoms with van der Waals surface area (Å²) < 4.78 is 6.78. The molecular weight excluding hydrogens is 781 g/mol. The van der Waals surface area contributed by atoms with E-state index in [1.165, 1.54) is 15.8 Å². The molecule has 4 aromatic rings. The Morgan fingerprint density at radius 3 is 2.38 bits per heavy atom. The van der Waals surface area contributed by atoms with Crippen molar-refractivity contribution in [1.29, 1.82) is 0 Å². The van der Waals surface area contributed by atoms with Crippen molar-refractivity contribution in [3.05, 3.63) is 95.8 Å². The molecule has 2 aliphatic rings. The molecule has 2 unspecified atom stereocenters. The molecule has 0 bridgehead atoms. The Morgan fingerprint density at radius 1 is 0.934 bits per heavy atom. The Hall–Kier alpha value is -5.87. The number of carbonyl (C=O) groups is 5. The molecule has 1 saturated heterocycles. The summed E-state index contributed by atoms with van der Waals surface area (Å²) in [5, 5.41) is 40.5. The highest BCUT2D eigenvalue weighted by Gasteiger charge is 2.45. The van der Waals surface area contributed by atoms with Crippen LogP contribution in [0.2, 0.25) is 0 Å². The van der Waals surface area contributed by atoms with Gasteiger partial charge in [-0.25, -0.2) is 9.48 Å². The lowest BCUT2D eigenvalue weighted by atomic mass is 9.84. The van der Waals surface area contributed by atoms with Gasteiger partial charge in [0, 0.05) is 25.1 Å². The molecule has 1 aliphatic heterocycles. The van der Waals surface area contributed by atoms with E-state index in [-0.39, 0.29) is 38.5 Å². The van der Waals surface area contributed by atoms with Gasteiger partial charge < -0.3 is 41.5 Å². The van der Waals surface area contributed by atoms with Crippen molar-refractivity contribution in [3.8, 4) is 0 Å². The summed E-state index contributed by atoms with van der Waals surface area (Å²) in [4.78, 5) is 69.2. The third-order valence-electron chi connectivity index (χ3n) is 11.7. The first-order chi connectivity index (χ1) is 29.3. The second kappa shape index (κ2) is 20.6. The van der Waals surface area contributed by atoms with E-state index in [4.69, 9.17) is 10.5 Å². The van der Waals surface area contributed by atoms with Crippen LogP contribution in [0.3, 0.4) is 0 Å². The topological polar surface area (TPSA) is 231 Å². The van der Waals surface area contributed by atoms with Crippen LogP contribution >= 0.6 is 0 Å². The number of aliphatic hydroxyl groups excluding tert-OH is 1. The number of aliphatic hydroxyl groups is 2. The third-order valence-corrected chi connectivity index (χ3v) is 11.7. The molecule has 16 heteroatoms. The number of nitrogens with zero attached hydrogens (tertiary/aromatic N) is 4. The number of rotatable bonds is 18. The number of primary amides is 1. The summed E-state index contributed by atoms with van der Waals surface area (Å²) >= 11 is 0. The van der Waals surface area contributed by atoms with Crippen LogP contribution in [0.4, 0.5) is 4.79 Å². The molecule has 2 fully saturated rings. The SMILES string of the molecule is CC(C)(O)c1cnnn1[C@H]1C[C@@H](C(=O)NC(CCCCNC(=O)OCc2ccccc2)C(O)C(N)=O)N(C(=O)[C@@H](CC2CCCCC2)NC(=O)c2ccc3ccccc3c2)C1. The molecule has 0 radical (unpaired) electrons. The Morgan fingerprint density at radius 2 is 1.66 bits per heavy atom. The Labute approximate surface area is 355 Å². The maximum Gasteiger partial charge on any atom is 0.407 e. The first-order valence-electron chi connectivity index (χ1n) is 21.2. The number of benzene rings is 3. The first kappa shape index (κ1) is 44.7. The van der Waals surface area contributed by atoms with Crippen molar-refractivity contribution < 1.29 is 38.9 Å². The Bertz CT molecular complexity index is 2130. The molecule has 3 aromatic carbocycles. The fraction of sp³-hybridized carbons (Fsp3) is 0.489. The van der Waals surface area contributed by atoms with E-state index < -0.39 is 65.6 Å². The van der Waals surface area contributed by atoms with Crippen LogP contribution in [0.1, 0.15) is 106 Å². The largest absolute Gasteiger partial charge is 0.445 e. The fourth-order valence-corrected chi connectivity index (χ4v) is 8.42. The third kappa shape index (κ3) is 11.9. The number of aromatic nitrogens is 3. The minimum atomic E-state index is -1.74. The summed E-state index contributed by atoms with van der Waals surface area (Å²) in [5.41, 5.74) is 5.81. The van der Waals surface area contributed by atoms with Gasteiger partial charge in [0.05, 0.1) is 24.0 Å². The quantitative estimate of drug-likeness (QED) is 0.0789. The molecular formula is C45H58N8O8. The standard InChI is InChI=1S/C45H58N8O8/c1-45(2,60)38-26-48-51-53(38)34-25-37(42(57)49-35(39(54)40(46)55)19-11-12-22-47-44(59)61-28-30-15-7-4-8-16-30)52(27-34)43(58)36(23-29-13-5-3-6-14-29)50-41(56)33-21-20-31-17-9-10-18-32(31)24-33/h4,7-10,15-18,20-21,24,26,29,34-37,39,54,60H,3,5-6,11-14,19,22-23,25,27-28H2,1-2H3,(H2,46,55)(H,47,59)(H,49,57)(H,50,56)/t34-,35?,36+,37-,39?/m0/s1. The van der Waals surface area contributed by atoms with Crippen LogP contribution in [0.15, 0.2) is 79.0 Å². The number of amides is 5. The zero-order valence-corrected chi connectivity index (χ0v) is 34.9. The van der Waals surface area contributed by atoms with Crippen molar-refractivity contribution in [2.75, 3.05) is 13.1 Å². The van der Waals surface area contributed by atoms with Gasteiger partial charge in [0.2, 0.25) is 17.7 Å². The molecule has 7 N–H and O–H groups in total. The van der Waals surface area contributed by atoms with Crippen LogP contribution in [-0.4, -0.2) is 97.1 Å². The average Bonchev–Trinajstić information content (AvgIpc) is 3.94. The summed E-state index contributed by atoms with van der Waals surface area (Å²) in [6.07, 6.45) is 5.43. The second-order valence-electron chi connectivity index (χ2n) is 16.8. The minimum Gasteiger partial charge on any atom is -0.445 e. The van der Waals surface area contributed by atoms with Gasteiger partial charge in [-0.2, -0.15) is 0 Å². The molecule has 5 amide bonds. The van der Waals surface area contributed by atoms with Crippen molar-refractivity contribution in [2.45, 2.75) is 121 Å². The van der Waals surface area contributed by atoms with Crippen LogP contribution in [0.5, 0.6) is 0 Å². The number of nitrogens with one attached hydrogen (secondary N) is 3. The number of fused-ring (bicyclic) bond motifs is 1. The Kier molecular flexibility index (Phi) is 15.1. The number of ether oxygens (including phenoxy) is 1. The first-order valence-corrected chi connectivity index (χ1v) is 21.2. The molecule has 2 heterocycles. The number of hydrogen-bond donors (Lipinski definition) is 6. The van der Waals surface area contributed by atoms with E-state index in [1.807, 2.05) is 60.7 Å². The number of unbranched alkanes of at least 4 members (excludes halogenated alkanes) is 1. The van der Waals surface area contributed by atoms with Gasteiger partial charge in [-0.05, 0) is 73.9 Å². The van der Waals surface area contributed by atoms with Crippen molar-refractivity contribution >= 4 is 40.5 Å². The highest BCUT2D eigenvalue weighted by atomic mass is 16.5. The van der Waals surface area contributed by atoms with Crippen molar-refractivity contribution in [2.24, 2.45) is 11.7 Å². The molecule has 16 nitrogen and oxygen atoms in total. The zero-order chi connectivity index (χ0) is 43.5. The second-order valence-corrected chi connectivity index (χ2v) is 16.8. The maximum atomic E-state index is 14.9. The highest BCUT2D eigenvalue weighted by Crippen LogP contribution is 2.34. The van der Waals surface area contributed by atoms with Crippen LogP contribution < -0.4 is 21.7 Å². The normalized spacial score (nSPS) is 18.5. The number of carbonyl (C=O) groups excluding carboxylic acids is 5. The van der Waals surface area contributed by atoms with Crippen molar-refractivity contribution in [1.82, 2.24) is 35.8 Å². The van der Waals surface area contributed by atoms with Crippen LogP contribution in [0, 0.1) is 5.92 Å². The predicted octanol–water partition coefficient (Wildman–Crippen LogP) is 4.00. The fourth-order valence-electron chi connectivity index (χ4n) is 8.42. The number of alkyl carbamates (subject to hydrolysis) is 1. The van der Waals surface area contributed by atoms with Crippen molar-refractivity contribution in [3.63, 3.8) is 0 Å². The monoisotopic (exact) mass is 838 g/mol. The van der Waals surface area contributed by atoms with Gasteiger partial charge in [0.15, 0.2) is 6.10 Å². The smallest absolute Gasteiger partial charge is 0.407 e. The lowest BCUT2D eigenvalue weighted by molar-refractivity contribution is -0.141. The minimum absolute atomic E-state index is 0.00541. The van der Waals surface area contributed by atoms with Gasteiger partial charge in [0.25, 0.3) is 5.91 Å². The summed E-state index contributed by atoms with van der Waals surface area (Å²) in [6.45, 7) is 3.53. The lowest BCUT2D eigenvalue weighted by Gasteiger charge is -2.32. The summed E-state index contributed by atoms with van der Waals surface area (Å²) in [5.74, 6) is -2.36. The number of nitrogens with two attached hydrogens (primary N) is 1. The summed E-state index contributed by atoms with van der Waals surface area (Å²) in [7, 11) is 0. The molecule has 1 saturated carbocycles. The van der Waals surface area contributed by atoms with E-state index in [1.54, 1.807) is 26.0 Å². The average molecular weight is 839 g/mol. The Balaban J connectivity index is 1.19. The van der Waals surface area contributed by atoms with Crippen LogP contribution in [-0.2, 0) is 31.3 Å². The van der Waals surface area contributed by atoms with E-state index >= 15 is 0 Å². The van der Waals surface area contributed by atoms with Gasteiger partial charge in [-0.3, -0.25) is 19.2 Å². The molecule has 6 rings (SSSR count). The van der Waals surface area contributed by atoms with E-state index in [9.17, 15) is 34.2 Å². The number of likely N-dealkylation sites (tertiary alicyclic amines) is 1. The number of hydrogen-bond acceptors (Lipinski definition) is 10. The van der Waals surface area contributed by atoms with E-state index in [0.29, 0.717) is 30.5 Å². The van der Waals surface area contributed by atoms with Crippen LogP contribution in [0.25, 0.3) is 10.8 Å². The van der Waals surface area contributed by atoms with Gasteiger partial charge in [-0.1, -0.05) is 98.0 Å². The molecule has 326 valence electrons. The van der Waals surface area contributed by atoms with Gasteiger partial charge >= 0.3 is 6.09 Å². The van der Waals surface area contributed by atoms with Gasteiger partial charge in [0.1, 0.15) is 24.3 Å². The lowest BCUT2D eigenvalue weighted by Crippen LogP contribution is -2.57. The molecule has 0 spiro atoms. The predicted molar refractivity (Wildman–Crippen MR) is 226 cm³/mol. The summed E-state index contributed by atoms with van der Waals surface area (Å²) in [6, 6.07) is 18.5. The highest BCUT2D eigenvalue weighted by molar-refractivity contribution is 6.01. The zero-order valence-electron chi connectivity index (χ0n) is 34.9. The molecule has 5 atom stereocenters. The van der Waals surface area contributed by atoms with E-state index in [2.05, 4.69) is 26.3 Å². The van der Waals surface area contributed by atoms with E-state index in [0.717, 1.165) is 48.4 Å². The van der Waals surface area contributed by atoms with Gasteiger partial charge in [-0.15, -0.1) is 5.10 Å².